The Kier molecular flexibility index (Phi) is 9.19. The van der Waals surface area contributed by atoms with Gasteiger partial charge in [0.25, 0.3) is 5.91 Å². The van der Waals surface area contributed by atoms with E-state index in [0.717, 1.165) is 21.3 Å². The average molecular weight is 846 g/mol. The Hall–Kier alpha value is -6.61. The maximum atomic E-state index is 14.5. The SMILES string of the molecule is CC(C)C1NC(=O)[C@@H](NC(=O)OCc2ccccc2)Cc2ccc3c(c2)C2(c4cccc(Br)c4N[C@H]2O3)c2oc1nc2C(=O)NCC(=O)c1c[nH]c2c(O)cccc12. The number of alkyl carbamates (subject to hydrolysis) is 1. The second kappa shape index (κ2) is 14.4. The highest BCUT2D eigenvalue weighted by Crippen LogP contribution is 2.59. The van der Waals surface area contributed by atoms with Crippen LogP contribution in [-0.4, -0.2) is 57.6 Å². The number of oxazole rings is 1. The molecule has 15 heteroatoms. The Morgan fingerprint density at radius 3 is 2.64 bits per heavy atom. The fourth-order valence-corrected chi connectivity index (χ4v) is 8.59. The molecule has 2 unspecified atom stereocenters. The number of para-hydroxylation sites is 2. The van der Waals surface area contributed by atoms with Crippen LogP contribution in [-0.2, 0) is 28.0 Å². The first kappa shape index (κ1) is 37.0. The smallest absolute Gasteiger partial charge is 0.408 e. The van der Waals surface area contributed by atoms with Crippen LogP contribution in [0.1, 0.15) is 74.6 Å². The van der Waals surface area contributed by atoms with Crippen LogP contribution in [0.2, 0.25) is 0 Å². The number of benzene rings is 4. The van der Waals surface area contributed by atoms with Gasteiger partial charge in [-0.05, 0) is 51.2 Å². The summed E-state index contributed by atoms with van der Waals surface area (Å²) in [7, 11) is 0. The van der Waals surface area contributed by atoms with Crippen molar-refractivity contribution in [1.29, 1.82) is 0 Å². The summed E-state index contributed by atoms with van der Waals surface area (Å²) in [4.78, 5) is 63.2. The molecule has 0 fully saturated rings. The zero-order chi connectivity index (χ0) is 40.3. The van der Waals surface area contributed by atoms with Gasteiger partial charge in [0.15, 0.2) is 23.5 Å². The Labute approximate surface area is 339 Å². The lowest BCUT2D eigenvalue weighted by Gasteiger charge is -2.28. The first-order valence-corrected chi connectivity index (χ1v) is 19.6. The largest absolute Gasteiger partial charge is 0.506 e. The summed E-state index contributed by atoms with van der Waals surface area (Å²) in [6.07, 6.45) is 0.0233. The lowest BCUT2D eigenvalue weighted by Crippen LogP contribution is -2.49. The number of ether oxygens (including phenoxy) is 2. The minimum atomic E-state index is -1.27. The minimum absolute atomic E-state index is 0.00525. The number of phenols is 1. The average Bonchev–Trinajstić information content (AvgIpc) is 3.99. The fraction of sp³-hybridized carbons (Fsp3) is 0.233. The van der Waals surface area contributed by atoms with Crippen molar-refractivity contribution >= 4 is 56.2 Å². The van der Waals surface area contributed by atoms with Crippen molar-refractivity contribution in [2.24, 2.45) is 5.92 Å². The number of phenolic OH excluding ortho intramolecular Hbond substituents is 1. The third kappa shape index (κ3) is 6.13. The van der Waals surface area contributed by atoms with Crippen LogP contribution in [0.15, 0.2) is 100 Å². The zero-order valence-corrected chi connectivity index (χ0v) is 32.8. The minimum Gasteiger partial charge on any atom is -0.506 e. The molecule has 6 aromatic rings. The molecule has 4 aromatic carbocycles. The van der Waals surface area contributed by atoms with Crippen molar-refractivity contribution in [2.45, 2.75) is 50.6 Å². The number of H-pyrrole nitrogens is 1. The van der Waals surface area contributed by atoms with Crippen LogP contribution in [0.3, 0.4) is 0 Å². The number of ketones is 1. The highest BCUT2D eigenvalue weighted by atomic mass is 79.9. The molecule has 3 amide bonds. The zero-order valence-electron chi connectivity index (χ0n) is 31.2. The second-order valence-electron chi connectivity index (χ2n) is 14.9. The van der Waals surface area contributed by atoms with Gasteiger partial charge < -0.3 is 45.2 Å². The maximum absolute atomic E-state index is 14.5. The van der Waals surface area contributed by atoms with Crippen molar-refractivity contribution in [2.75, 3.05) is 11.9 Å². The molecule has 14 nitrogen and oxygen atoms in total. The van der Waals surface area contributed by atoms with E-state index in [4.69, 9.17) is 18.9 Å². The van der Waals surface area contributed by atoms with Crippen LogP contribution in [0.4, 0.5) is 10.5 Å². The van der Waals surface area contributed by atoms with Crippen LogP contribution < -0.4 is 26.0 Å². The Bertz CT molecular complexity index is 2640. The van der Waals surface area contributed by atoms with Crippen LogP contribution >= 0.6 is 15.9 Å². The van der Waals surface area contributed by atoms with Crippen molar-refractivity contribution in [3.05, 3.63) is 141 Å². The molecule has 0 saturated carbocycles. The number of hydrogen-bond donors (Lipinski definition) is 6. The highest BCUT2D eigenvalue weighted by Gasteiger charge is 2.61. The van der Waals surface area contributed by atoms with Crippen molar-refractivity contribution in [3.63, 3.8) is 0 Å². The first-order chi connectivity index (χ1) is 28.0. The summed E-state index contributed by atoms with van der Waals surface area (Å²) in [5.74, 6) is -1.18. The highest BCUT2D eigenvalue weighted by molar-refractivity contribution is 9.10. The Morgan fingerprint density at radius 2 is 1.83 bits per heavy atom. The summed E-state index contributed by atoms with van der Waals surface area (Å²) in [5.41, 5.74) is 2.94. The molecule has 3 aliphatic heterocycles. The number of fused-ring (bicyclic) bond motifs is 5. The summed E-state index contributed by atoms with van der Waals surface area (Å²) in [6.45, 7) is 3.37. The van der Waals surface area contributed by atoms with Crippen LogP contribution in [0.5, 0.6) is 11.5 Å². The number of aromatic amines is 1. The number of anilines is 1. The molecular formula is C43H37BrN6O8. The third-order valence-electron chi connectivity index (χ3n) is 10.9. The van der Waals surface area contributed by atoms with E-state index in [1.54, 1.807) is 18.2 Å². The number of aromatic nitrogens is 2. The lowest BCUT2D eigenvalue weighted by atomic mass is 9.72. The number of nitrogens with zero attached hydrogens (tertiary/aromatic N) is 1. The van der Waals surface area contributed by atoms with Gasteiger partial charge in [-0.15, -0.1) is 0 Å². The van der Waals surface area contributed by atoms with Crippen LogP contribution in [0, 0.1) is 5.92 Å². The quantitative estimate of drug-likeness (QED) is 0.0936. The van der Waals surface area contributed by atoms with E-state index < -0.39 is 54.0 Å². The van der Waals surface area contributed by atoms with Gasteiger partial charge in [-0.25, -0.2) is 9.78 Å². The van der Waals surface area contributed by atoms with Gasteiger partial charge in [0, 0.05) is 39.2 Å². The molecule has 9 rings (SSSR count). The van der Waals surface area contributed by atoms with Crippen molar-refractivity contribution < 1.29 is 38.2 Å². The lowest BCUT2D eigenvalue weighted by molar-refractivity contribution is -0.124. The summed E-state index contributed by atoms with van der Waals surface area (Å²) >= 11 is 3.68. The summed E-state index contributed by atoms with van der Waals surface area (Å²) in [5, 5.41) is 22.8. The van der Waals surface area contributed by atoms with Gasteiger partial charge in [0.05, 0.1) is 17.7 Å². The number of halogens is 1. The van der Waals surface area contributed by atoms with Crippen LogP contribution in [0.25, 0.3) is 10.9 Å². The molecule has 0 saturated heterocycles. The van der Waals surface area contributed by atoms with E-state index in [0.29, 0.717) is 33.3 Å². The molecule has 294 valence electrons. The van der Waals surface area contributed by atoms with E-state index in [-0.39, 0.29) is 42.0 Å². The van der Waals surface area contributed by atoms with Gasteiger partial charge in [-0.1, -0.05) is 80.6 Å². The Morgan fingerprint density at radius 1 is 1.02 bits per heavy atom. The van der Waals surface area contributed by atoms with E-state index in [9.17, 15) is 24.3 Å². The van der Waals surface area contributed by atoms with Crippen molar-refractivity contribution in [3.8, 4) is 11.5 Å². The van der Waals surface area contributed by atoms with E-state index in [2.05, 4.69) is 42.2 Å². The number of aromatic hydroxyl groups is 1. The van der Waals surface area contributed by atoms with E-state index in [1.807, 2.05) is 74.5 Å². The van der Waals surface area contributed by atoms with Gasteiger partial charge in [0.1, 0.15) is 35.6 Å². The summed E-state index contributed by atoms with van der Waals surface area (Å²) < 4.78 is 19.6. The van der Waals surface area contributed by atoms with E-state index in [1.165, 1.54) is 12.3 Å². The Balaban J connectivity index is 1.13. The third-order valence-corrected chi connectivity index (χ3v) is 11.6. The number of nitrogens with one attached hydrogen (secondary N) is 5. The number of carbonyl (C=O) groups is 4. The van der Waals surface area contributed by atoms with Gasteiger partial charge >= 0.3 is 6.09 Å². The molecule has 3 aliphatic rings. The molecule has 1 spiro atoms. The molecule has 4 atom stereocenters. The van der Waals surface area contributed by atoms with Gasteiger partial charge in [-0.3, -0.25) is 14.4 Å². The number of amides is 3. The van der Waals surface area contributed by atoms with E-state index >= 15 is 0 Å². The van der Waals surface area contributed by atoms with Gasteiger partial charge in [-0.2, -0.15) is 0 Å². The first-order valence-electron chi connectivity index (χ1n) is 18.8. The number of Topliss-reactive ketones (excluding diaryl/α,β-unsaturated/α-hetero) is 1. The molecule has 58 heavy (non-hydrogen) atoms. The normalized spacial score (nSPS) is 20.1. The fourth-order valence-electron chi connectivity index (χ4n) is 8.11. The molecule has 2 aromatic heterocycles. The molecular weight excluding hydrogens is 808 g/mol. The van der Waals surface area contributed by atoms with Crippen molar-refractivity contribution in [1.82, 2.24) is 25.9 Å². The molecule has 5 heterocycles. The second-order valence-corrected chi connectivity index (χ2v) is 15.7. The molecule has 6 N–H and O–H groups in total. The standard InChI is InChI=1S/C43H37BrN6O8/c1-21(2)33-40-49-36(39(54)46-19-31(52)25-18-45-34-24(25)10-6-13-30(34)51)37(58-40)43-26-11-7-12-28(44)35(26)50-41(43)57-32-15-14-23(16-27(32)43)17-29(38(53)48-33)47-42(55)56-20-22-8-4-3-5-9-22/h3-16,18,21,29,33,41,45,50-51H,17,19-20H2,1-2H3,(H,46,54)(H,47,55)(H,48,53)/t29-,33?,41-,43?/m0/s1. The maximum Gasteiger partial charge on any atom is 0.408 e. The predicted octanol–water partition coefficient (Wildman–Crippen LogP) is 6.38. The molecule has 0 radical (unpaired) electrons. The number of carbonyl (C=O) groups excluding carboxylic acids is 4. The molecule has 4 bridgehead atoms. The van der Waals surface area contributed by atoms with Gasteiger partial charge in [0.2, 0.25) is 11.8 Å². The number of hydrogen-bond acceptors (Lipinski definition) is 10. The topological polar surface area (TPSA) is 197 Å². The predicted molar refractivity (Wildman–Crippen MR) is 215 cm³/mol. The summed E-state index contributed by atoms with van der Waals surface area (Å²) in [6, 6.07) is 23.4. The monoisotopic (exact) mass is 844 g/mol. The number of rotatable bonds is 8. The molecule has 0 aliphatic carbocycles.